The van der Waals surface area contributed by atoms with Gasteiger partial charge < -0.3 is 9.84 Å². The third-order valence-electron chi connectivity index (χ3n) is 8.34. The van der Waals surface area contributed by atoms with Crippen molar-refractivity contribution in [1.29, 1.82) is 0 Å². The zero-order valence-electron chi connectivity index (χ0n) is 22.7. The summed E-state index contributed by atoms with van der Waals surface area (Å²) in [5, 5.41) is 9.22. The van der Waals surface area contributed by atoms with Gasteiger partial charge in [-0.05, 0) is 104 Å². The first-order valence-corrected chi connectivity index (χ1v) is 13.9. The van der Waals surface area contributed by atoms with Crippen molar-refractivity contribution in [3.63, 3.8) is 0 Å². The first kappa shape index (κ1) is 27.0. The summed E-state index contributed by atoms with van der Waals surface area (Å²) in [7, 11) is 0. The molecule has 3 nitrogen and oxygen atoms in total. The summed E-state index contributed by atoms with van der Waals surface area (Å²) < 4.78 is 5.77. The fourth-order valence-electron chi connectivity index (χ4n) is 6.53. The summed E-state index contributed by atoms with van der Waals surface area (Å²) >= 11 is 0. The number of ether oxygens (including phenoxy) is 1. The predicted octanol–water partition coefficient (Wildman–Crippen LogP) is 8.71. The molecule has 37 heavy (non-hydrogen) atoms. The maximum Gasteiger partial charge on any atom is 0.333 e. The minimum atomic E-state index is -0.179. The first-order chi connectivity index (χ1) is 17.7. The molecular weight excluding hydrogens is 456 g/mol. The van der Waals surface area contributed by atoms with E-state index in [0.717, 1.165) is 42.6 Å². The zero-order chi connectivity index (χ0) is 26.4. The van der Waals surface area contributed by atoms with Gasteiger partial charge in [-0.25, -0.2) is 4.79 Å². The number of rotatable bonds is 7. The summed E-state index contributed by atoms with van der Waals surface area (Å²) in [5.41, 5.74) is 4.11. The summed E-state index contributed by atoms with van der Waals surface area (Å²) in [5.74, 6) is 3.21. The van der Waals surface area contributed by atoms with Crippen LogP contribution in [0.1, 0.15) is 88.3 Å². The first-order valence-electron chi connectivity index (χ1n) is 13.9. The topological polar surface area (TPSA) is 46.5 Å². The highest BCUT2D eigenvalue weighted by Crippen LogP contribution is 2.57. The smallest absolute Gasteiger partial charge is 0.333 e. The molecule has 0 saturated heterocycles. The number of carbonyl (C=O) groups excluding carboxylic acids is 1. The van der Waals surface area contributed by atoms with Gasteiger partial charge >= 0.3 is 5.97 Å². The third-order valence-corrected chi connectivity index (χ3v) is 8.34. The molecule has 0 heterocycles. The number of phenolic OH excluding ortho intramolecular Hbond substituents is 1. The van der Waals surface area contributed by atoms with Crippen molar-refractivity contribution in [3.05, 3.63) is 89.5 Å². The van der Waals surface area contributed by atoms with Gasteiger partial charge in [0.25, 0.3) is 0 Å². The van der Waals surface area contributed by atoms with Crippen LogP contribution in [0.3, 0.4) is 0 Å². The summed E-state index contributed by atoms with van der Waals surface area (Å²) in [6, 6.07) is 15.9. The molecule has 1 atom stereocenters. The van der Waals surface area contributed by atoms with E-state index < -0.39 is 0 Å². The van der Waals surface area contributed by atoms with Crippen LogP contribution in [0.5, 0.6) is 5.75 Å². The molecule has 6 rings (SSSR count). The Morgan fingerprint density at radius 3 is 1.84 bits per heavy atom. The molecular formula is C34H42O3. The fraction of sp³-hybridized carbons (Fsp3) is 0.441. The Kier molecular flexibility index (Phi) is 8.74. The molecule has 3 heteroatoms. The van der Waals surface area contributed by atoms with Crippen LogP contribution in [-0.2, 0) is 9.53 Å². The molecule has 4 saturated carbocycles. The van der Waals surface area contributed by atoms with E-state index in [4.69, 9.17) is 4.74 Å². The van der Waals surface area contributed by atoms with E-state index in [0.29, 0.717) is 17.2 Å². The summed E-state index contributed by atoms with van der Waals surface area (Å²) in [4.78, 5) is 11.7. The molecule has 4 bridgehead atoms. The number of carbonyl (C=O) groups is 1. The van der Waals surface area contributed by atoms with Gasteiger partial charge in [0.1, 0.15) is 11.4 Å². The van der Waals surface area contributed by atoms with Gasteiger partial charge in [-0.1, -0.05) is 81.1 Å². The molecule has 0 spiro atoms. The van der Waals surface area contributed by atoms with Crippen LogP contribution in [0.2, 0.25) is 0 Å². The molecule has 1 unspecified atom stereocenters. The van der Waals surface area contributed by atoms with Gasteiger partial charge in [0.15, 0.2) is 0 Å². The van der Waals surface area contributed by atoms with Crippen molar-refractivity contribution in [1.82, 2.24) is 0 Å². The van der Waals surface area contributed by atoms with E-state index in [1.165, 1.54) is 36.8 Å². The largest absolute Gasteiger partial charge is 0.508 e. The maximum atomic E-state index is 11.7. The summed E-state index contributed by atoms with van der Waals surface area (Å²) in [6.45, 7) is 9.89. The van der Waals surface area contributed by atoms with Crippen LogP contribution < -0.4 is 0 Å². The van der Waals surface area contributed by atoms with Gasteiger partial charge in [-0.3, -0.25) is 0 Å². The molecule has 0 amide bonds. The molecule has 4 aliphatic rings. The van der Waals surface area contributed by atoms with Gasteiger partial charge in [0, 0.05) is 5.57 Å². The molecule has 4 fully saturated rings. The number of aromatic hydroxyl groups is 1. The Morgan fingerprint density at radius 2 is 1.41 bits per heavy atom. The van der Waals surface area contributed by atoms with E-state index in [9.17, 15) is 9.90 Å². The monoisotopic (exact) mass is 498 g/mol. The van der Waals surface area contributed by atoms with Crippen LogP contribution in [0.15, 0.2) is 72.8 Å². The number of esters is 1. The van der Waals surface area contributed by atoms with Crippen LogP contribution >= 0.6 is 0 Å². The standard InChI is InChI=1S/C20H22O.C14H20O2/c1-3-16(2)19-12-8-17(9-13-19)6-4-5-7-18-10-14-20(21)15-11-18;1-9(2)13(15)16-14-6-10-3-11(7-14)5-12(4-10)8-14/h4-16,21H,3H2,1-2H3;10-12H,1,3-8H2,2H3. The number of benzene rings is 2. The molecule has 0 aromatic heterocycles. The van der Waals surface area contributed by atoms with E-state index in [-0.39, 0.29) is 11.6 Å². The van der Waals surface area contributed by atoms with Crippen LogP contribution in [0.4, 0.5) is 0 Å². The van der Waals surface area contributed by atoms with Gasteiger partial charge in [0.05, 0.1) is 0 Å². The second kappa shape index (κ2) is 12.0. The number of hydrogen-bond donors (Lipinski definition) is 1. The molecule has 0 aliphatic heterocycles. The van der Waals surface area contributed by atoms with Crippen LogP contribution in [0, 0.1) is 17.8 Å². The Morgan fingerprint density at radius 1 is 0.946 bits per heavy atom. The lowest BCUT2D eigenvalue weighted by Gasteiger charge is -2.55. The van der Waals surface area contributed by atoms with Crippen molar-refractivity contribution < 1.29 is 14.6 Å². The normalized spacial score (nSPS) is 26.6. The maximum absolute atomic E-state index is 11.7. The minimum Gasteiger partial charge on any atom is -0.508 e. The molecule has 2 aromatic rings. The summed E-state index contributed by atoms with van der Waals surface area (Å²) in [6.07, 6.45) is 16.8. The molecule has 0 radical (unpaired) electrons. The zero-order valence-corrected chi connectivity index (χ0v) is 22.7. The average Bonchev–Trinajstić information content (AvgIpc) is 2.87. The van der Waals surface area contributed by atoms with Crippen LogP contribution in [-0.4, -0.2) is 16.7 Å². The number of hydrogen-bond acceptors (Lipinski definition) is 3. The van der Waals surface area contributed by atoms with E-state index >= 15 is 0 Å². The van der Waals surface area contributed by atoms with Gasteiger partial charge in [-0.15, -0.1) is 0 Å². The second-order valence-electron chi connectivity index (χ2n) is 11.6. The Balaban J connectivity index is 0.000000179. The number of allylic oxidation sites excluding steroid dienone is 2. The Hall–Kier alpha value is -3.07. The Labute approximate surface area is 223 Å². The highest BCUT2D eigenvalue weighted by Gasteiger charge is 2.53. The lowest BCUT2D eigenvalue weighted by Crippen LogP contribution is -2.52. The second-order valence-corrected chi connectivity index (χ2v) is 11.6. The predicted molar refractivity (Wildman–Crippen MR) is 153 cm³/mol. The average molecular weight is 499 g/mol. The van der Waals surface area contributed by atoms with Crippen LogP contribution in [0.25, 0.3) is 12.2 Å². The van der Waals surface area contributed by atoms with Gasteiger partial charge in [-0.2, -0.15) is 0 Å². The van der Waals surface area contributed by atoms with E-state index in [2.05, 4.69) is 50.8 Å². The van der Waals surface area contributed by atoms with E-state index in [1.807, 2.05) is 30.4 Å². The third kappa shape index (κ3) is 7.25. The SMILES string of the molecule is C=C(C)C(=O)OC12CC3CC(CC(C3)C1)C2.CCC(C)c1ccc(C=CC=Cc2ccc(O)cc2)cc1. The minimum absolute atomic E-state index is 0.106. The lowest BCUT2D eigenvalue weighted by atomic mass is 9.54. The molecule has 1 N–H and O–H groups in total. The highest BCUT2D eigenvalue weighted by molar-refractivity contribution is 5.87. The molecule has 4 aliphatic carbocycles. The van der Waals surface area contributed by atoms with Crippen molar-refractivity contribution in [3.8, 4) is 5.75 Å². The molecule has 2 aromatic carbocycles. The number of phenols is 1. The Bertz CT molecular complexity index is 1090. The molecule has 196 valence electrons. The van der Waals surface area contributed by atoms with Crippen molar-refractivity contribution >= 4 is 18.1 Å². The van der Waals surface area contributed by atoms with E-state index in [1.54, 1.807) is 19.1 Å². The fourth-order valence-corrected chi connectivity index (χ4v) is 6.53. The lowest BCUT2D eigenvalue weighted by molar-refractivity contribution is -0.182. The quantitative estimate of drug-likeness (QED) is 0.236. The highest BCUT2D eigenvalue weighted by atomic mass is 16.6. The van der Waals surface area contributed by atoms with Crippen molar-refractivity contribution in [2.24, 2.45) is 17.8 Å². The van der Waals surface area contributed by atoms with Crippen molar-refractivity contribution in [2.45, 2.75) is 77.2 Å². The van der Waals surface area contributed by atoms with Gasteiger partial charge in [0.2, 0.25) is 0 Å². The van der Waals surface area contributed by atoms with Crippen molar-refractivity contribution in [2.75, 3.05) is 0 Å².